The molecule has 3 nitrogen and oxygen atoms in total. The molecule has 1 unspecified atom stereocenters. The van der Waals surface area contributed by atoms with Crippen LogP contribution in [0.5, 0.6) is 0 Å². The van der Waals surface area contributed by atoms with Crippen LogP contribution in [0.25, 0.3) is 0 Å². The number of hydrogen-bond acceptors (Lipinski definition) is 2. The van der Waals surface area contributed by atoms with Crippen molar-refractivity contribution in [3.63, 3.8) is 0 Å². The Labute approximate surface area is 119 Å². The number of nitrogens with zero attached hydrogens (tertiary/aromatic N) is 1. The molecule has 3 heteroatoms. The van der Waals surface area contributed by atoms with Crippen molar-refractivity contribution in [3.8, 4) is 0 Å². The fourth-order valence-corrected chi connectivity index (χ4v) is 2.88. The van der Waals surface area contributed by atoms with Gasteiger partial charge in [0, 0.05) is 17.4 Å². The molecule has 1 aliphatic heterocycles. The molecule has 2 N–H and O–H groups in total. The number of benzene rings is 2. The van der Waals surface area contributed by atoms with E-state index < -0.39 is 0 Å². The van der Waals surface area contributed by atoms with E-state index in [2.05, 4.69) is 13.0 Å². The van der Waals surface area contributed by atoms with Crippen molar-refractivity contribution in [2.24, 2.45) is 0 Å². The van der Waals surface area contributed by atoms with Gasteiger partial charge >= 0.3 is 0 Å². The van der Waals surface area contributed by atoms with E-state index in [0.717, 1.165) is 17.7 Å². The Balaban J connectivity index is 2.03. The maximum absolute atomic E-state index is 12.8. The summed E-state index contributed by atoms with van der Waals surface area (Å²) in [6, 6.07) is 13.8. The van der Waals surface area contributed by atoms with Crippen molar-refractivity contribution >= 4 is 17.3 Å². The molecule has 0 bridgehead atoms. The zero-order valence-corrected chi connectivity index (χ0v) is 11.8. The first-order chi connectivity index (χ1) is 9.58. The Kier molecular flexibility index (Phi) is 2.97. The number of anilines is 2. The number of para-hydroxylation sites is 1. The Morgan fingerprint density at radius 3 is 2.75 bits per heavy atom. The number of nitrogens with two attached hydrogens (primary N) is 1. The minimum absolute atomic E-state index is 0.0139. The number of nitrogen functional groups attached to an aromatic ring is 1. The van der Waals surface area contributed by atoms with Crippen molar-refractivity contribution in [1.29, 1.82) is 0 Å². The van der Waals surface area contributed by atoms with E-state index in [9.17, 15) is 4.79 Å². The normalized spacial score (nSPS) is 17.1. The summed E-state index contributed by atoms with van der Waals surface area (Å²) in [5, 5.41) is 0. The number of hydrogen-bond donors (Lipinski definition) is 1. The van der Waals surface area contributed by atoms with Gasteiger partial charge in [0.25, 0.3) is 5.91 Å². The van der Waals surface area contributed by atoms with E-state index in [4.69, 9.17) is 5.73 Å². The second-order valence-corrected chi connectivity index (χ2v) is 5.45. The van der Waals surface area contributed by atoms with Gasteiger partial charge in [-0.1, -0.05) is 24.3 Å². The summed E-state index contributed by atoms with van der Waals surface area (Å²) in [4.78, 5) is 14.7. The van der Waals surface area contributed by atoms with E-state index in [-0.39, 0.29) is 11.9 Å². The largest absolute Gasteiger partial charge is 0.398 e. The van der Waals surface area contributed by atoms with Gasteiger partial charge in [-0.25, -0.2) is 0 Å². The number of carbonyl (C=O) groups excluding carboxylic acids is 1. The van der Waals surface area contributed by atoms with E-state index in [1.54, 1.807) is 0 Å². The molecule has 2 aromatic carbocycles. The van der Waals surface area contributed by atoms with Gasteiger partial charge in [0.05, 0.1) is 5.56 Å². The maximum atomic E-state index is 12.8. The lowest BCUT2D eigenvalue weighted by Gasteiger charge is -2.23. The molecule has 0 fully saturated rings. The lowest BCUT2D eigenvalue weighted by Crippen LogP contribution is -2.36. The van der Waals surface area contributed by atoms with Gasteiger partial charge in [-0.15, -0.1) is 0 Å². The molecule has 1 amide bonds. The van der Waals surface area contributed by atoms with Crippen molar-refractivity contribution in [2.45, 2.75) is 26.3 Å². The van der Waals surface area contributed by atoms with Crippen LogP contribution in [-0.4, -0.2) is 11.9 Å². The average Bonchev–Trinajstić information content (AvgIpc) is 2.73. The van der Waals surface area contributed by atoms with Gasteiger partial charge in [-0.3, -0.25) is 4.79 Å². The highest BCUT2D eigenvalue weighted by atomic mass is 16.2. The number of carbonyl (C=O) groups is 1. The quantitative estimate of drug-likeness (QED) is 0.806. The summed E-state index contributed by atoms with van der Waals surface area (Å²) in [7, 11) is 0. The van der Waals surface area contributed by atoms with Gasteiger partial charge in [0.2, 0.25) is 0 Å². The van der Waals surface area contributed by atoms with Gasteiger partial charge in [0.15, 0.2) is 0 Å². The third-order valence-corrected chi connectivity index (χ3v) is 3.86. The fourth-order valence-electron chi connectivity index (χ4n) is 2.88. The summed E-state index contributed by atoms with van der Waals surface area (Å²) < 4.78 is 0. The first-order valence-electron chi connectivity index (χ1n) is 6.85. The zero-order chi connectivity index (χ0) is 14.3. The Morgan fingerprint density at radius 2 is 2.00 bits per heavy atom. The van der Waals surface area contributed by atoms with Gasteiger partial charge in [-0.05, 0) is 49.6 Å². The van der Waals surface area contributed by atoms with Crippen LogP contribution in [0.2, 0.25) is 0 Å². The molecule has 0 saturated heterocycles. The van der Waals surface area contributed by atoms with E-state index in [1.807, 2.05) is 48.2 Å². The molecular formula is C17H18N2O. The van der Waals surface area contributed by atoms with Gasteiger partial charge < -0.3 is 10.6 Å². The molecule has 0 radical (unpaired) electrons. The highest BCUT2D eigenvalue weighted by Crippen LogP contribution is 2.33. The molecule has 0 aromatic heterocycles. The highest BCUT2D eigenvalue weighted by Gasteiger charge is 2.31. The Bertz CT molecular complexity index is 678. The standard InChI is InChI=1S/C17H18N2O/c1-11-7-8-14(15(18)9-11)17(20)19-12(2)10-13-5-3-4-6-16(13)19/h3-9,12H,10,18H2,1-2H3. The highest BCUT2D eigenvalue weighted by molar-refractivity contribution is 6.10. The molecular weight excluding hydrogens is 248 g/mol. The van der Waals surface area contributed by atoms with E-state index in [0.29, 0.717) is 11.3 Å². The van der Waals surface area contributed by atoms with Crippen LogP contribution in [0.1, 0.15) is 28.4 Å². The molecule has 0 spiro atoms. The molecule has 0 saturated carbocycles. The van der Waals surface area contributed by atoms with Crippen molar-refractivity contribution in [2.75, 3.05) is 10.6 Å². The molecule has 1 aliphatic rings. The topological polar surface area (TPSA) is 46.3 Å². The van der Waals surface area contributed by atoms with E-state index in [1.165, 1.54) is 5.56 Å². The summed E-state index contributed by atoms with van der Waals surface area (Å²) in [6.45, 7) is 4.04. The first-order valence-corrected chi connectivity index (χ1v) is 6.85. The molecule has 3 rings (SSSR count). The third kappa shape index (κ3) is 1.95. The predicted molar refractivity (Wildman–Crippen MR) is 82.0 cm³/mol. The first kappa shape index (κ1) is 12.7. The molecule has 102 valence electrons. The number of amides is 1. The minimum Gasteiger partial charge on any atom is -0.398 e. The predicted octanol–water partition coefficient (Wildman–Crippen LogP) is 3.17. The smallest absolute Gasteiger partial charge is 0.260 e. The van der Waals surface area contributed by atoms with Gasteiger partial charge in [0.1, 0.15) is 0 Å². The monoisotopic (exact) mass is 266 g/mol. The number of rotatable bonds is 1. The van der Waals surface area contributed by atoms with Crippen molar-refractivity contribution < 1.29 is 4.79 Å². The van der Waals surface area contributed by atoms with Crippen LogP contribution < -0.4 is 10.6 Å². The Morgan fingerprint density at radius 1 is 1.25 bits per heavy atom. The number of fused-ring (bicyclic) bond motifs is 1. The Hall–Kier alpha value is -2.29. The van der Waals surface area contributed by atoms with Crippen LogP contribution in [0.15, 0.2) is 42.5 Å². The maximum Gasteiger partial charge on any atom is 0.260 e. The van der Waals surface area contributed by atoms with Gasteiger partial charge in [-0.2, -0.15) is 0 Å². The van der Waals surface area contributed by atoms with Crippen molar-refractivity contribution in [1.82, 2.24) is 0 Å². The van der Waals surface area contributed by atoms with Crippen LogP contribution in [0, 0.1) is 6.92 Å². The SMILES string of the molecule is Cc1ccc(C(=O)N2c3ccccc3CC2C)c(N)c1. The van der Waals surface area contributed by atoms with Crippen LogP contribution >= 0.6 is 0 Å². The number of aryl methyl sites for hydroxylation is 1. The van der Waals surface area contributed by atoms with Crippen molar-refractivity contribution in [3.05, 3.63) is 59.2 Å². The molecule has 2 aromatic rings. The molecule has 0 aliphatic carbocycles. The van der Waals surface area contributed by atoms with Crippen LogP contribution in [-0.2, 0) is 6.42 Å². The van der Waals surface area contributed by atoms with Crippen LogP contribution in [0.3, 0.4) is 0 Å². The molecule has 20 heavy (non-hydrogen) atoms. The van der Waals surface area contributed by atoms with Crippen LogP contribution in [0.4, 0.5) is 11.4 Å². The summed E-state index contributed by atoms with van der Waals surface area (Å²) in [5.41, 5.74) is 10.4. The second kappa shape index (κ2) is 4.67. The third-order valence-electron chi connectivity index (χ3n) is 3.86. The summed E-state index contributed by atoms with van der Waals surface area (Å²) in [5.74, 6) is -0.0139. The summed E-state index contributed by atoms with van der Waals surface area (Å²) >= 11 is 0. The zero-order valence-electron chi connectivity index (χ0n) is 11.8. The average molecular weight is 266 g/mol. The molecule has 1 atom stereocenters. The fraction of sp³-hybridized carbons (Fsp3) is 0.235. The molecule has 1 heterocycles. The minimum atomic E-state index is -0.0139. The lowest BCUT2D eigenvalue weighted by atomic mass is 10.1. The second-order valence-electron chi connectivity index (χ2n) is 5.45. The van der Waals surface area contributed by atoms with E-state index >= 15 is 0 Å². The lowest BCUT2D eigenvalue weighted by molar-refractivity contribution is 0.0982. The summed E-state index contributed by atoms with van der Waals surface area (Å²) in [6.07, 6.45) is 0.897.